The molecule has 0 fully saturated rings. The molecule has 2 aromatic rings. The molecule has 1 aromatic heterocycles. The lowest BCUT2D eigenvalue weighted by Crippen LogP contribution is -2.21. The maximum Gasteiger partial charge on any atom is 0.0481 e. The molecule has 0 aliphatic heterocycles. The van der Waals surface area contributed by atoms with Crippen LogP contribution in [0.5, 0.6) is 0 Å². The molecule has 1 aromatic carbocycles. The third kappa shape index (κ3) is 1.85. The number of aromatic nitrogens is 1. The Morgan fingerprint density at radius 3 is 2.62 bits per heavy atom. The molecule has 0 saturated carbocycles. The number of nitrogens with zero attached hydrogens (tertiary/aromatic N) is 2. The fourth-order valence-electron chi connectivity index (χ4n) is 2.18. The van der Waals surface area contributed by atoms with E-state index in [0.717, 1.165) is 5.75 Å². The molecule has 16 heavy (non-hydrogen) atoms. The van der Waals surface area contributed by atoms with Gasteiger partial charge in [0.25, 0.3) is 0 Å². The van der Waals surface area contributed by atoms with Crippen LogP contribution < -0.4 is 0 Å². The topological polar surface area (TPSA) is 8.17 Å². The van der Waals surface area contributed by atoms with E-state index in [1.165, 1.54) is 16.5 Å². The smallest absolute Gasteiger partial charge is 0.0481 e. The molecule has 0 spiro atoms. The Labute approximate surface area is 102 Å². The maximum atomic E-state index is 4.45. The van der Waals surface area contributed by atoms with Crippen molar-refractivity contribution in [1.82, 2.24) is 9.47 Å². The van der Waals surface area contributed by atoms with E-state index in [-0.39, 0.29) is 0 Å². The van der Waals surface area contributed by atoms with Crippen LogP contribution in [0.4, 0.5) is 0 Å². The molecule has 2 rings (SSSR count). The van der Waals surface area contributed by atoms with Crippen molar-refractivity contribution >= 4 is 23.5 Å². The van der Waals surface area contributed by atoms with E-state index < -0.39 is 0 Å². The van der Waals surface area contributed by atoms with Crippen LogP contribution >= 0.6 is 12.6 Å². The lowest BCUT2D eigenvalue weighted by atomic mass is 10.1. The average molecular weight is 234 g/mol. The van der Waals surface area contributed by atoms with Crippen LogP contribution in [-0.4, -0.2) is 29.3 Å². The Morgan fingerprint density at radius 1 is 1.31 bits per heavy atom. The summed E-state index contributed by atoms with van der Waals surface area (Å²) in [6, 6.07) is 8.89. The molecule has 1 atom stereocenters. The molecule has 1 heterocycles. The van der Waals surface area contributed by atoms with Gasteiger partial charge in [-0.1, -0.05) is 18.2 Å². The number of fused-ring (bicyclic) bond motifs is 1. The van der Waals surface area contributed by atoms with Crippen molar-refractivity contribution in [2.24, 2.45) is 7.05 Å². The van der Waals surface area contributed by atoms with E-state index in [1.54, 1.807) is 0 Å². The number of hydrogen-bond donors (Lipinski definition) is 1. The van der Waals surface area contributed by atoms with Gasteiger partial charge in [0.05, 0.1) is 0 Å². The predicted molar refractivity (Wildman–Crippen MR) is 73.2 cm³/mol. The largest absolute Gasteiger partial charge is 0.350 e. The Hall–Kier alpha value is -0.930. The summed E-state index contributed by atoms with van der Waals surface area (Å²) in [7, 11) is 6.29. The second-order valence-corrected chi connectivity index (χ2v) is 4.74. The maximum absolute atomic E-state index is 4.45. The molecule has 86 valence electrons. The molecule has 3 heteroatoms. The minimum Gasteiger partial charge on any atom is -0.350 e. The van der Waals surface area contributed by atoms with Crippen molar-refractivity contribution in [2.45, 2.75) is 6.04 Å². The first-order chi connectivity index (χ1) is 7.65. The fourth-order valence-corrected chi connectivity index (χ4v) is 2.70. The van der Waals surface area contributed by atoms with Gasteiger partial charge in [-0.25, -0.2) is 0 Å². The summed E-state index contributed by atoms with van der Waals surface area (Å²) in [6.45, 7) is 0. The van der Waals surface area contributed by atoms with Crippen molar-refractivity contribution in [3.63, 3.8) is 0 Å². The van der Waals surface area contributed by atoms with Gasteiger partial charge in [-0.15, -0.1) is 0 Å². The van der Waals surface area contributed by atoms with Crippen molar-refractivity contribution in [2.75, 3.05) is 19.8 Å². The normalized spacial score (nSPS) is 13.6. The molecule has 1 unspecified atom stereocenters. The van der Waals surface area contributed by atoms with Gasteiger partial charge < -0.3 is 9.47 Å². The van der Waals surface area contributed by atoms with E-state index in [4.69, 9.17) is 0 Å². The number of para-hydroxylation sites is 1. The Balaban J connectivity index is 2.60. The zero-order valence-corrected chi connectivity index (χ0v) is 10.9. The molecule has 0 amide bonds. The second-order valence-electron chi connectivity index (χ2n) is 4.37. The lowest BCUT2D eigenvalue weighted by molar-refractivity contribution is 0.328. The number of thiol groups is 1. The van der Waals surface area contributed by atoms with Gasteiger partial charge in [0.15, 0.2) is 0 Å². The first-order valence-electron chi connectivity index (χ1n) is 5.46. The third-order valence-electron chi connectivity index (χ3n) is 3.08. The van der Waals surface area contributed by atoms with E-state index in [0.29, 0.717) is 6.04 Å². The van der Waals surface area contributed by atoms with Crippen LogP contribution in [0.1, 0.15) is 11.6 Å². The predicted octanol–water partition coefficient (Wildman–Crippen LogP) is 2.71. The summed E-state index contributed by atoms with van der Waals surface area (Å²) in [5.74, 6) is 0.834. The highest BCUT2D eigenvalue weighted by Gasteiger charge is 2.17. The van der Waals surface area contributed by atoms with Crippen LogP contribution in [-0.2, 0) is 7.05 Å². The molecule has 0 aliphatic carbocycles. The summed E-state index contributed by atoms with van der Waals surface area (Å²) in [5.41, 5.74) is 2.64. The summed E-state index contributed by atoms with van der Waals surface area (Å²) >= 11 is 4.45. The number of benzene rings is 1. The van der Waals surface area contributed by atoms with Crippen LogP contribution in [0.2, 0.25) is 0 Å². The Kier molecular flexibility index (Phi) is 3.26. The molecular weight excluding hydrogens is 216 g/mol. The van der Waals surface area contributed by atoms with Crippen molar-refractivity contribution in [3.8, 4) is 0 Å². The van der Waals surface area contributed by atoms with Crippen LogP contribution in [0, 0.1) is 0 Å². The molecule has 0 radical (unpaired) electrons. The molecule has 2 nitrogen and oxygen atoms in total. The highest BCUT2D eigenvalue weighted by Crippen LogP contribution is 2.29. The zero-order valence-electron chi connectivity index (χ0n) is 10.0. The van der Waals surface area contributed by atoms with E-state index >= 15 is 0 Å². The second kappa shape index (κ2) is 4.52. The van der Waals surface area contributed by atoms with Gasteiger partial charge in [-0.2, -0.15) is 12.6 Å². The Bertz CT molecular complexity index is 488. The quantitative estimate of drug-likeness (QED) is 0.803. The molecule has 0 N–H and O–H groups in total. The number of aryl methyl sites for hydroxylation is 1. The van der Waals surface area contributed by atoms with E-state index in [1.807, 2.05) is 0 Å². The van der Waals surface area contributed by atoms with Gasteiger partial charge in [-0.05, 0) is 25.7 Å². The molecule has 0 saturated heterocycles. The number of hydrogen-bond acceptors (Lipinski definition) is 2. The average Bonchev–Trinajstić information content (AvgIpc) is 2.58. The minimum absolute atomic E-state index is 0.370. The SMILES string of the molecule is CN(C)C(CS)c1cn(C)c2ccccc12. The van der Waals surface area contributed by atoms with Crippen molar-refractivity contribution in [3.05, 3.63) is 36.0 Å². The molecular formula is C13H18N2S. The first kappa shape index (κ1) is 11.6. The van der Waals surface area contributed by atoms with E-state index in [9.17, 15) is 0 Å². The third-order valence-corrected chi connectivity index (χ3v) is 3.43. The highest BCUT2D eigenvalue weighted by molar-refractivity contribution is 7.80. The van der Waals surface area contributed by atoms with Gasteiger partial charge in [0, 0.05) is 35.9 Å². The van der Waals surface area contributed by atoms with Gasteiger partial charge in [0.2, 0.25) is 0 Å². The van der Waals surface area contributed by atoms with Gasteiger partial charge in [-0.3, -0.25) is 0 Å². The summed E-state index contributed by atoms with van der Waals surface area (Å²) in [6.07, 6.45) is 2.21. The number of rotatable bonds is 3. The van der Waals surface area contributed by atoms with Crippen LogP contribution in [0.15, 0.2) is 30.5 Å². The van der Waals surface area contributed by atoms with E-state index in [2.05, 4.69) is 73.7 Å². The highest BCUT2D eigenvalue weighted by atomic mass is 32.1. The minimum atomic E-state index is 0.370. The van der Waals surface area contributed by atoms with Crippen molar-refractivity contribution < 1.29 is 0 Å². The lowest BCUT2D eigenvalue weighted by Gasteiger charge is -2.21. The zero-order chi connectivity index (χ0) is 11.7. The monoisotopic (exact) mass is 234 g/mol. The fraction of sp³-hybridized carbons (Fsp3) is 0.385. The van der Waals surface area contributed by atoms with Crippen LogP contribution in [0.25, 0.3) is 10.9 Å². The summed E-state index contributed by atoms with van der Waals surface area (Å²) in [5, 5.41) is 1.33. The molecule has 0 aliphatic rings. The van der Waals surface area contributed by atoms with Gasteiger partial charge >= 0.3 is 0 Å². The summed E-state index contributed by atoms with van der Waals surface area (Å²) < 4.78 is 2.19. The summed E-state index contributed by atoms with van der Waals surface area (Å²) in [4.78, 5) is 2.22. The van der Waals surface area contributed by atoms with Crippen molar-refractivity contribution in [1.29, 1.82) is 0 Å². The first-order valence-corrected chi connectivity index (χ1v) is 6.09. The van der Waals surface area contributed by atoms with Crippen LogP contribution in [0.3, 0.4) is 0 Å². The van der Waals surface area contributed by atoms with Gasteiger partial charge in [0.1, 0.15) is 0 Å². The molecule has 0 bridgehead atoms. The standard InChI is InChI=1S/C13H18N2S/c1-14(2)13(9-16)11-8-15(3)12-7-5-4-6-10(11)12/h4-8,13,16H,9H2,1-3H3. The Morgan fingerprint density at radius 2 is 2.00 bits per heavy atom.